The van der Waals surface area contributed by atoms with Gasteiger partial charge in [0.25, 0.3) is 5.91 Å². The van der Waals surface area contributed by atoms with Crippen molar-refractivity contribution in [2.75, 3.05) is 5.32 Å². The SMILES string of the molecule is Cc1ccc(NC(=O)c2cc3ccccc3s2)cc1-n1cnnn1. The molecule has 0 aliphatic rings. The summed E-state index contributed by atoms with van der Waals surface area (Å²) >= 11 is 1.48. The van der Waals surface area contributed by atoms with Crippen molar-refractivity contribution >= 4 is 33.0 Å². The molecule has 4 rings (SSSR count). The van der Waals surface area contributed by atoms with Crippen molar-refractivity contribution in [2.24, 2.45) is 0 Å². The molecular weight excluding hydrogens is 322 g/mol. The van der Waals surface area contributed by atoms with E-state index >= 15 is 0 Å². The standard InChI is InChI=1S/C17H13N5OS/c1-11-6-7-13(9-14(11)22-10-18-20-21-22)19-17(23)16-8-12-4-2-3-5-15(12)24-16/h2-10H,1H3,(H,19,23). The molecule has 4 aromatic rings. The summed E-state index contributed by atoms with van der Waals surface area (Å²) in [6.07, 6.45) is 1.53. The predicted molar refractivity (Wildman–Crippen MR) is 93.7 cm³/mol. The number of tetrazole rings is 1. The van der Waals surface area contributed by atoms with Crippen LogP contribution < -0.4 is 5.32 Å². The molecule has 0 aliphatic carbocycles. The van der Waals surface area contributed by atoms with Gasteiger partial charge in [-0.3, -0.25) is 4.79 Å². The number of thiophene rings is 1. The third-order valence-electron chi connectivity index (χ3n) is 3.71. The maximum atomic E-state index is 12.5. The summed E-state index contributed by atoms with van der Waals surface area (Å²) < 4.78 is 2.67. The molecule has 0 radical (unpaired) electrons. The zero-order valence-electron chi connectivity index (χ0n) is 12.8. The third-order valence-corrected chi connectivity index (χ3v) is 4.83. The van der Waals surface area contributed by atoms with Gasteiger partial charge in [-0.25, -0.2) is 4.68 Å². The van der Waals surface area contributed by atoms with Crippen LogP contribution in [0.2, 0.25) is 0 Å². The van der Waals surface area contributed by atoms with Crippen molar-refractivity contribution in [2.45, 2.75) is 6.92 Å². The number of aryl methyl sites for hydroxylation is 1. The van der Waals surface area contributed by atoms with Crippen molar-refractivity contribution in [1.82, 2.24) is 20.2 Å². The number of amides is 1. The van der Waals surface area contributed by atoms with E-state index in [9.17, 15) is 4.79 Å². The maximum absolute atomic E-state index is 12.5. The van der Waals surface area contributed by atoms with Crippen molar-refractivity contribution < 1.29 is 4.79 Å². The molecule has 1 amide bonds. The van der Waals surface area contributed by atoms with Crippen molar-refractivity contribution in [1.29, 1.82) is 0 Å². The summed E-state index contributed by atoms with van der Waals surface area (Å²) in [7, 11) is 0. The number of benzene rings is 2. The van der Waals surface area contributed by atoms with E-state index in [0.717, 1.165) is 21.3 Å². The molecule has 6 nitrogen and oxygen atoms in total. The Labute approximate surface area is 141 Å². The van der Waals surface area contributed by atoms with Crippen LogP contribution in [0.15, 0.2) is 54.9 Å². The first-order valence-electron chi connectivity index (χ1n) is 7.35. The monoisotopic (exact) mass is 335 g/mol. The molecule has 2 aromatic carbocycles. The fourth-order valence-electron chi connectivity index (χ4n) is 2.49. The Bertz CT molecular complexity index is 990. The minimum Gasteiger partial charge on any atom is -0.321 e. The van der Waals surface area contributed by atoms with Crippen LogP contribution in [-0.4, -0.2) is 26.1 Å². The zero-order chi connectivity index (χ0) is 16.5. The van der Waals surface area contributed by atoms with Gasteiger partial charge in [0.1, 0.15) is 6.33 Å². The first-order valence-corrected chi connectivity index (χ1v) is 8.16. The van der Waals surface area contributed by atoms with Crippen molar-refractivity contribution in [3.8, 4) is 5.69 Å². The molecule has 24 heavy (non-hydrogen) atoms. The second-order valence-electron chi connectivity index (χ2n) is 5.36. The molecule has 2 heterocycles. The number of nitrogens with one attached hydrogen (secondary N) is 1. The van der Waals surface area contributed by atoms with Gasteiger partial charge in [0.15, 0.2) is 0 Å². The lowest BCUT2D eigenvalue weighted by Gasteiger charge is -2.08. The number of rotatable bonds is 3. The van der Waals surface area contributed by atoms with Gasteiger partial charge in [-0.15, -0.1) is 16.4 Å². The van der Waals surface area contributed by atoms with Gasteiger partial charge in [0.05, 0.1) is 10.6 Å². The van der Waals surface area contributed by atoms with Gasteiger partial charge >= 0.3 is 0 Å². The van der Waals surface area contributed by atoms with Gasteiger partial charge in [0.2, 0.25) is 0 Å². The first kappa shape index (κ1) is 14.5. The summed E-state index contributed by atoms with van der Waals surface area (Å²) in [6.45, 7) is 1.97. The lowest BCUT2D eigenvalue weighted by molar-refractivity contribution is 0.103. The summed E-state index contributed by atoms with van der Waals surface area (Å²) in [4.78, 5) is 13.2. The molecule has 118 valence electrons. The van der Waals surface area contributed by atoms with Crippen LogP contribution in [0.1, 0.15) is 15.2 Å². The van der Waals surface area contributed by atoms with E-state index in [0.29, 0.717) is 10.6 Å². The van der Waals surface area contributed by atoms with E-state index in [1.54, 1.807) is 4.68 Å². The lowest BCUT2D eigenvalue weighted by Crippen LogP contribution is -2.11. The normalized spacial score (nSPS) is 10.9. The molecule has 0 atom stereocenters. The fraction of sp³-hybridized carbons (Fsp3) is 0.0588. The molecule has 1 N–H and O–H groups in total. The quantitative estimate of drug-likeness (QED) is 0.622. The van der Waals surface area contributed by atoms with E-state index in [4.69, 9.17) is 0 Å². The van der Waals surface area contributed by atoms with Crippen LogP contribution in [0.5, 0.6) is 0 Å². The molecule has 0 saturated carbocycles. The van der Waals surface area contributed by atoms with Crippen molar-refractivity contribution in [3.63, 3.8) is 0 Å². The van der Waals surface area contributed by atoms with Crippen LogP contribution in [0.4, 0.5) is 5.69 Å². The van der Waals surface area contributed by atoms with E-state index < -0.39 is 0 Å². The third kappa shape index (κ3) is 2.65. The van der Waals surface area contributed by atoms with Crippen LogP contribution in [0.25, 0.3) is 15.8 Å². The Morgan fingerprint density at radius 3 is 2.83 bits per heavy atom. The number of nitrogens with zero attached hydrogens (tertiary/aromatic N) is 4. The maximum Gasteiger partial charge on any atom is 0.265 e. The van der Waals surface area contributed by atoms with Gasteiger partial charge in [0, 0.05) is 10.4 Å². The summed E-state index contributed by atoms with van der Waals surface area (Å²) in [6, 6.07) is 15.5. The van der Waals surface area contributed by atoms with Crippen LogP contribution in [-0.2, 0) is 0 Å². The zero-order valence-corrected chi connectivity index (χ0v) is 13.6. The van der Waals surface area contributed by atoms with Crippen LogP contribution in [0.3, 0.4) is 0 Å². The molecule has 7 heteroatoms. The minimum atomic E-state index is -0.122. The number of hydrogen-bond acceptors (Lipinski definition) is 5. The fourth-order valence-corrected chi connectivity index (χ4v) is 3.45. The second-order valence-corrected chi connectivity index (χ2v) is 6.44. The Morgan fingerprint density at radius 2 is 2.04 bits per heavy atom. The Kier molecular flexibility index (Phi) is 3.55. The molecule has 0 spiro atoms. The minimum absolute atomic E-state index is 0.122. The summed E-state index contributed by atoms with van der Waals surface area (Å²) in [5, 5.41) is 15.2. The Morgan fingerprint density at radius 1 is 1.17 bits per heavy atom. The summed E-state index contributed by atoms with van der Waals surface area (Å²) in [5.41, 5.74) is 2.55. The molecule has 0 aliphatic heterocycles. The summed E-state index contributed by atoms with van der Waals surface area (Å²) in [5.74, 6) is -0.122. The van der Waals surface area contributed by atoms with E-state index in [1.165, 1.54) is 17.7 Å². The second kappa shape index (κ2) is 5.86. The van der Waals surface area contributed by atoms with Gasteiger partial charge in [-0.1, -0.05) is 24.3 Å². The molecular formula is C17H13N5OS. The van der Waals surface area contributed by atoms with Crippen LogP contribution >= 0.6 is 11.3 Å². The molecule has 0 unspecified atom stereocenters. The highest BCUT2D eigenvalue weighted by molar-refractivity contribution is 7.20. The number of hydrogen-bond donors (Lipinski definition) is 1. The highest BCUT2D eigenvalue weighted by atomic mass is 32.1. The van der Waals surface area contributed by atoms with Gasteiger partial charge < -0.3 is 5.32 Å². The largest absolute Gasteiger partial charge is 0.321 e. The van der Waals surface area contributed by atoms with E-state index in [1.807, 2.05) is 55.5 Å². The number of carbonyl (C=O) groups excluding carboxylic acids is 1. The highest BCUT2D eigenvalue weighted by Crippen LogP contribution is 2.26. The number of fused-ring (bicyclic) bond motifs is 1. The lowest BCUT2D eigenvalue weighted by atomic mass is 10.2. The average Bonchev–Trinajstić information content (AvgIpc) is 3.25. The molecule has 0 bridgehead atoms. The number of carbonyl (C=O) groups is 1. The van der Waals surface area contributed by atoms with Gasteiger partial charge in [-0.2, -0.15) is 0 Å². The average molecular weight is 335 g/mol. The predicted octanol–water partition coefficient (Wildman–Crippen LogP) is 3.44. The highest BCUT2D eigenvalue weighted by Gasteiger charge is 2.12. The molecule has 0 saturated heterocycles. The number of aromatic nitrogens is 4. The molecule has 2 aromatic heterocycles. The topological polar surface area (TPSA) is 72.7 Å². The smallest absolute Gasteiger partial charge is 0.265 e. The van der Waals surface area contributed by atoms with E-state index in [-0.39, 0.29) is 5.91 Å². The van der Waals surface area contributed by atoms with E-state index in [2.05, 4.69) is 20.8 Å². The Balaban J connectivity index is 1.63. The first-order chi connectivity index (χ1) is 11.7. The molecule has 0 fully saturated rings. The van der Waals surface area contributed by atoms with Crippen LogP contribution in [0, 0.1) is 6.92 Å². The van der Waals surface area contributed by atoms with Gasteiger partial charge in [-0.05, 0) is 52.6 Å². The Hall–Kier alpha value is -3.06. The van der Waals surface area contributed by atoms with Crippen molar-refractivity contribution in [3.05, 3.63) is 65.3 Å². The number of anilines is 1.